The van der Waals surface area contributed by atoms with Gasteiger partial charge in [-0.1, -0.05) is 75.0 Å². The first kappa shape index (κ1) is 20.2. The third kappa shape index (κ3) is 5.73. The number of benzene rings is 3. The van der Waals surface area contributed by atoms with Crippen molar-refractivity contribution in [2.75, 3.05) is 0 Å². The number of hydrogen-bond donors (Lipinski definition) is 1. The molecule has 3 aromatic carbocycles. The van der Waals surface area contributed by atoms with E-state index in [0.717, 1.165) is 27.9 Å². The Morgan fingerprint density at radius 3 is 2.33 bits per heavy atom. The van der Waals surface area contributed by atoms with Gasteiger partial charge < -0.3 is 10.1 Å². The third-order valence-corrected chi connectivity index (χ3v) is 5.42. The topological polar surface area (TPSA) is 21.3 Å². The maximum absolute atomic E-state index is 6.24. The monoisotopic (exact) mass is 463 g/mol. The molecule has 0 unspecified atom stereocenters. The van der Waals surface area contributed by atoms with Crippen molar-refractivity contribution in [1.82, 2.24) is 5.32 Å². The molecule has 0 heterocycles. The lowest BCUT2D eigenvalue weighted by Crippen LogP contribution is -2.13. The molecule has 0 atom stereocenters. The average Bonchev–Trinajstić information content (AvgIpc) is 2.64. The van der Waals surface area contributed by atoms with Gasteiger partial charge in [-0.15, -0.1) is 0 Å². The van der Waals surface area contributed by atoms with E-state index in [4.69, 9.17) is 27.9 Å². The van der Waals surface area contributed by atoms with Crippen LogP contribution in [0.4, 0.5) is 0 Å². The molecule has 0 aliphatic heterocycles. The van der Waals surface area contributed by atoms with E-state index in [-0.39, 0.29) is 0 Å². The summed E-state index contributed by atoms with van der Waals surface area (Å²) in [6, 6.07) is 20.0. The molecule has 1 N–H and O–H groups in total. The van der Waals surface area contributed by atoms with E-state index < -0.39 is 0 Å². The number of aryl methyl sites for hydroxylation is 1. The summed E-state index contributed by atoms with van der Waals surface area (Å²) in [4.78, 5) is 0. The van der Waals surface area contributed by atoms with Crippen LogP contribution in [0.2, 0.25) is 10.0 Å². The summed E-state index contributed by atoms with van der Waals surface area (Å²) in [5, 5.41) is 4.69. The molecule has 2 nitrogen and oxygen atoms in total. The summed E-state index contributed by atoms with van der Waals surface area (Å²) in [6.07, 6.45) is 0. The van der Waals surface area contributed by atoms with Crippen molar-refractivity contribution in [3.63, 3.8) is 0 Å². The number of nitrogens with one attached hydrogen (secondary N) is 1. The SMILES string of the molecule is Cc1ccc(CNCc2cc(Br)ccc2OCc2c(Cl)cccc2Cl)cc1. The highest BCUT2D eigenvalue weighted by Crippen LogP contribution is 2.28. The van der Waals surface area contributed by atoms with Gasteiger partial charge in [0.25, 0.3) is 0 Å². The Balaban J connectivity index is 1.66. The molecule has 27 heavy (non-hydrogen) atoms. The highest BCUT2D eigenvalue weighted by Gasteiger charge is 2.09. The van der Waals surface area contributed by atoms with Crippen LogP contribution in [0.3, 0.4) is 0 Å². The normalized spacial score (nSPS) is 10.8. The molecule has 0 aliphatic rings. The fourth-order valence-corrected chi connectivity index (χ4v) is 3.61. The molecule has 3 aromatic rings. The number of hydrogen-bond acceptors (Lipinski definition) is 2. The molecule has 0 saturated heterocycles. The third-order valence-electron chi connectivity index (χ3n) is 4.22. The zero-order valence-electron chi connectivity index (χ0n) is 14.9. The second kappa shape index (κ2) is 9.61. The summed E-state index contributed by atoms with van der Waals surface area (Å²) in [5.41, 5.74) is 4.38. The lowest BCUT2D eigenvalue weighted by Gasteiger charge is -2.14. The summed E-state index contributed by atoms with van der Waals surface area (Å²) in [7, 11) is 0. The Labute approximate surface area is 178 Å². The number of rotatable bonds is 7. The van der Waals surface area contributed by atoms with Gasteiger partial charge in [-0.2, -0.15) is 0 Å². The van der Waals surface area contributed by atoms with Crippen molar-refractivity contribution in [1.29, 1.82) is 0 Å². The van der Waals surface area contributed by atoms with E-state index >= 15 is 0 Å². The molecule has 0 radical (unpaired) electrons. The van der Waals surface area contributed by atoms with Gasteiger partial charge in [0.05, 0.1) is 0 Å². The maximum atomic E-state index is 6.24. The first-order chi connectivity index (χ1) is 13.0. The van der Waals surface area contributed by atoms with Crippen LogP contribution in [-0.2, 0) is 19.7 Å². The Hall–Kier alpha value is -1.52. The first-order valence-corrected chi connectivity index (χ1v) is 10.2. The van der Waals surface area contributed by atoms with Crippen molar-refractivity contribution >= 4 is 39.1 Å². The van der Waals surface area contributed by atoms with Gasteiger partial charge in [-0.25, -0.2) is 0 Å². The van der Waals surface area contributed by atoms with Gasteiger partial charge in [-0.3, -0.25) is 0 Å². The molecule has 0 amide bonds. The number of halogens is 3. The molecular formula is C22H20BrCl2NO. The van der Waals surface area contributed by atoms with Gasteiger partial charge in [0.1, 0.15) is 12.4 Å². The first-order valence-electron chi connectivity index (χ1n) is 8.63. The summed E-state index contributed by atoms with van der Waals surface area (Å²) in [5.74, 6) is 0.811. The van der Waals surface area contributed by atoms with Crippen LogP contribution in [0.15, 0.2) is 65.1 Å². The smallest absolute Gasteiger partial charge is 0.124 e. The molecule has 0 fully saturated rings. The Bertz CT molecular complexity index is 892. The fraction of sp³-hybridized carbons (Fsp3) is 0.182. The molecule has 5 heteroatoms. The number of ether oxygens (including phenoxy) is 1. The van der Waals surface area contributed by atoms with Crippen molar-refractivity contribution in [3.8, 4) is 5.75 Å². The molecular weight excluding hydrogens is 445 g/mol. The molecule has 140 valence electrons. The highest BCUT2D eigenvalue weighted by molar-refractivity contribution is 9.10. The van der Waals surface area contributed by atoms with Gasteiger partial charge in [0, 0.05) is 38.7 Å². The average molecular weight is 465 g/mol. The zero-order valence-corrected chi connectivity index (χ0v) is 18.0. The lowest BCUT2D eigenvalue weighted by molar-refractivity contribution is 0.302. The largest absolute Gasteiger partial charge is 0.488 e. The van der Waals surface area contributed by atoms with Gasteiger partial charge in [0.15, 0.2) is 0 Å². The second-order valence-corrected chi connectivity index (χ2v) is 8.06. The van der Waals surface area contributed by atoms with Crippen molar-refractivity contribution < 1.29 is 4.74 Å². The van der Waals surface area contributed by atoms with E-state index in [1.165, 1.54) is 11.1 Å². The molecule has 0 spiro atoms. The van der Waals surface area contributed by atoms with E-state index in [0.29, 0.717) is 23.2 Å². The predicted octanol–water partition coefficient (Wildman–Crippen LogP) is 6.93. The predicted molar refractivity (Wildman–Crippen MR) is 117 cm³/mol. The summed E-state index contributed by atoms with van der Waals surface area (Å²) >= 11 is 16.0. The van der Waals surface area contributed by atoms with Crippen molar-refractivity contribution in [3.05, 3.63) is 97.4 Å². The molecule has 0 saturated carbocycles. The quantitative estimate of drug-likeness (QED) is 0.409. The van der Waals surface area contributed by atoms with Crippen LogP contribution in [0.1, 0.15) is 22.3 Å². The van der Waals surface area contributed by atoms with Crippen LogP contribution >= 0.6 is 39.1 Å². The van der Waals surface area contributed by atoms with Crippen LogP contribution < -0.4 is 10.1 Å². The molecule has 0 aliphatic carbocycles. The lowest BCUT2D eigenvalue weighted by atomic mass is 10.1. The van der Waals surface area contributed by atoms with Crippen molar-refractivity contribution in [2.45, 2.75) is 26.6 Å². The highest BCUT2D eigenvalue weighted by atomic mass is 79.9. The maximum Gasteiger partial charge on any atom is 0.124 e. The van der Waals surface area contributed by atoms with E-state index in [9.17, 15) is 0 Å². The van der Waals surface area contributed by atoms with Crippen LogP contribution in [0.25, 0.3) is 0 Å². The van der Waals surface area contributed by atoms with Gasteiger partial charge in [0.2, 0.25) is 0 Å². The summed E-state index contributed by atoms with van der Waals surface area (Å²) < 4.78 is 7.04. The Kier molecular flexibility index (Phi) is 7.20. The molecule has 0 bridgehead atoms. The van der Waals surface area contributed by atoms with Crippen LogP contribution in [0, 0.1) is 6.92 Å². The van der Waals surface area contributed by atoms with Crippen LogP contribution in [0.5, 0.6) is 5.75 Å². The van der Waals surface area contributed by atoms with E-state index in [1.807, 2.05) is 30.3 Å². The van der Waals surface area contributed by atoms with Gasteiger partial charge >= 0.3 is 0 Å². The van der Waals surface area contributed by atoms with E-state index in [1.54, 1.807) is 0 Å². The van der Waals surface area contributed by atoms with Crippen molar-refractivity contribution in [2.24, 2.45) is 0 Å². The van der Waals surface area contributed by atoms with E-state index in [2.05, 4.69) is 58.5 Å². The second-order valence-electron chi connectivity index (χ2n) is 6.33. The van der Waals surface area contributed by atoms with Crippen LogP contribution in [-0.4, -0.2) is 0 Å². The standard InChI is InChI=1S/C22H20BrCl2NO/c1-15-5-7-16(8-6-15)12-26-13-17-11-18(23)9-10-22(17)27-14-19-20(24)3-2-4-21(19)25/h2-11,26H,12-14H2,1H3. The molecule has 0 aromatic heterocycles. The van der Waals surface area contributed by atoms with Gasteiger partial charge in [-0.05, 0) is 42.8 Å². The minimum absolute atomic E-state index is 0.325. The minimum atomic E-state index is 0.325. The minimum Gasteiger partial charge on any atom is -0.488 e. The Morgan fingerprint density at radius 2 is 1.63 bits per heavy atom. The zero-order chi connectivity index (χ0) is 19.2. The fourth-order valence-electron chi connectivity index (χ4n) is 2.69. The Morgan fingerprint density at radius 1 is 0.926 bits per heavy atom. The molecule has 3 rings (SSSR count). The summed E-state index contributed by atoms with van der Waals surface area (Å²) in [6.45, 7) is 3.90.